The first kappa shape index (κ1) is 17.5. The van der Waals surface area contributed by atoms with Crippen LogP contribution in [0.1, 0.15) is 19.4 Å². The molecule has 1 rings (SSSR count). The highest BCUT2D eigenvalue weighted by Gasteiger charge is 2.20. The molecule has 0 amide bonds. The van der Waals surface area contributed by atoms with E-state index >= 15 is 0 Å². The number of benzene rings is 1. The minimum atomic E-state index is -0.706. The fourth-order valence-corrected chi connectivity index (χ4v) is 1.58. The van der Waals surface area contributed by atoms with Gasteiger partial charge in [0.25, 0.3) is 0 Å². The van der Waals surface area contributed by atoms with E-state index in [1.807, 2.05) is 0 Å². The van der Waals surface area contributed by atoms with Gasteiger partial charge in [0.05, 0.1) is 13.2 Å². The maximum atomic E-state index is 11.8. The zero-order valence-electron chi connectivity index (χ0n) is 12.8. The highest BCUT2D eigenvalue weighted by molar-refractivity contribution is 6.17. The van der Waals surface area contributed by atoms with Crippen molar-refractivity contribution in [2.45, 2.75) is 13.8 Å². The van der Waals surface area contributed by atoms with Crippen molar-refractivity contribution < 1.29 is 23.8 Å². The van der Waals surface area contributed by atoms with Gasteiger partial charge in [0, 0.05) is 0 Å². The number of rotatable bonds is 8. The van der Waals surface area contributed by atoms with Crippen molar-refractivity contribution in [3.63, 3.8) is 0 Å². The molecular weight excluding hydrogens is 284 g/mol. The van der Waals surface area contributed by atoms with E-state index in [1.165, 1.54) is 6.08 Å². The van der Waals surface area contributed by atoms with Crippen molar-refractivity contribution in [2.75, 3.05) is 19.8 Å². The summed E-state index contributed by atoms with van der Waals surface area (Å²) in [5.74, 6) is -0.771. The van der Waals surface area contributed by atoms with Gasteiger partial charge >= 0.3 is 11.9 Å². The molecule has 5 nitrogen and oxygen atoms in total. The first-order valence-corrected chi connectivity index (χ1v) is 6.91. The second-order valence-electron chi connectivity index (χ2n) is 4.11. The highest BCUT2D eigenvalue weighted by Crippen LogP contribution is 2.16. The van der Waals surface area contributed by atoms with Crippen molar-refractivity contribution >= 4 is 18.0 Å². The lowest BCUT2D eigenvalue weighted by molar-refractivity contribution is -0.146. The molecule has 0 heterocycles. The third-order valence-corrected chi connectivity index (χ3v) is 2.52. The lowest BCUT2D eigenvalue weighted by Crippen LogP contribution is -2.18. The Morgan fingerprint density at radius 3 is 2.09 bits per heavy atom. The molecule has 0 spiro atoms. The molecule has 0 aliphatic rings. The third-order valence-electron chi connectivity index (χ3n) is 2.52. The van der Waals surface area contributed by atoms with Crippen molar-refractivity contribution in [3.05, 3.63) is 48.1 Å². The van der Waals surface area contributed by atoms with Crippen LogP contribution in [0, 0.1) is 6.08 Å². The molecule has 0 unspecified atom stereocenters. The predicted octanol–water partition coefficient (Wildman–Crippen LogP) is 2.56. The topological polar surface area (TPSA) is 61.8 Å². The van der Waals surface area contributed by atoms with Crippen LogP contribution in [0.3, 0.4) is 0 Å². The van der Waals surface area contributed by atoms with Crippen molar-refractivity contribution in [3.8, 4) is 5.75 Å². The van der Waals surface area contributed by atoms with Gasteiger partial charge in [-0.2, -0.15) is 0 Å². The van der Waals surface area contributed by atoms with Gasteiger partial charge in [-0.3, -0.25) is 0 Å². The van der Waals surface area contributed by atoms with Gasteiger partial charge in [-0.15, -0.1) is 0 Å². The van der Waals surface area contributed by atoms with Gasteiger partial charge in [0.15, 0.2) is 0 Å². The average molecular weight is 303 g/mol. The fourth-order valence-electron chi connectivity index (χ4n) is 1.58. The van der Waals surface area contributed by atoms with Crippen LogP contribution in [-0.4, -0.2) is 31.8 Å². The molecule has 0 aromatic heterocycles. The van der Waals surface area contributed by atoms with Crippen LogP contribution in [0.2, 0.25) is 0 Å². The second kappa shape index (κ2) is 9.39. The maximum Gasteiger partial charge on any atom is 0.345 e. The summed E-state index contributed by atoms with van der Waals surface area (Å²) < 4.78 is 15.1. The summed E-state index contributed by atoms with van der Waals surface area (Å²) in [7, 11) is 0. The molecule has 117 valence electrons. The summed E-state index contributed by atoms with van der Waals surface area (Å²) in [6.45, 7) is 7.43. The molecule has 1 radical (unpaired) electrons. The molecule has 0 saturated heterocycles. The molecule has 0 fully saturated rings. The molecule has 0 N–H and O–H groups in total. The molecule has 5 heteroatoms. The zero-order valence-corrected chi connectivity index (χ0v) is 12.8. The first-order valence-electron chi connectivity index (χ1n) is 6.91. The average Bonchev–Trinajstić information content (AvgIpc) is 2.52. The van der Waals surface area contributed by atoms with E-state index in [2.05, 4.69) is 12.7 Å². The lowest BCUT2D eigenvalue weighted by atomic mass is 10.1. The predicted molar refractivity (Wildman–Crippen MR) is 82.1 cm³/mol. The monoisotopic (exact) mass is 303 g/mol. The molecule has 0 atom stereocenters. The Morgan fingerprint density at radius 1 is 1.09 bits per heavy atom. The van der Waals surface area contributed by atoms with Gasteiger partial charge < -0.3 is 14.2 Å². The number of hydrogen-bond donors (Lipinski definition) is 0. The number of carbonyl (C=O) groups is 2. The summed E-state index contributed by atoms with van der Waals surface area (Å²) >= 11 is 0. The Kier molecular flexibility index (Phi) is 7.47. The highest BCUT2D eigenvalue weighted by atomic mass is 16.6. The van der Waals surface area contributed by atoms with Crippen LogP contribution < -0.4 is 4.74 Å². The summed E-state index contributed by atoms with van der Waals surface area (Å²) in [6.07, 6.45) is 4.04. The number of ether oxygens (including phenoxy) is 3. The van der Waals surface area contributed by atoms with E-state index in [9.17, 15) is 9.59 Å². The molecule has 0 aliphatic carbocycles. The van der Waals surface area contributed by atoms with Crippen LogP contribution in [-0.2, 0) is 19.1 Å². The number of esters is 2. The Balaban J connectivity index is 2.97. The van der Waals surface area contributed by atoms with E-state index in [-0.39, 0.29) is 25.4 Å². The van der Waals surface area contributed by atoms with E-state index in [1.54, 1.807) is 38.1 Å². The molecule has 0 saturated carbocycles. The summed E-state index contributed by atoms with van der Waals surface area (Å²) in [5.41, 5.74) is 0.517. The Hall–Kier alpha value is -2.56. The standard InChI is InChI=1S/C17H19O5/c1-4-11-22-14-9-7-13(8-10-14)12-15(16(18)20-5-2)17(19)21-6-3/h7-10,12H,1,5-6,11H2,2-3H3. The van der Waals surface area contributed by atoms with Crippen LogP contribution >= 0.6 is 0 Å². The minimum absolute atomic E-state index is 0.142. The molecule has 0 bridgehead atoms. The largest absolute Gasteiger partial charge is 0.489 e. The van der Waals surface area contributed by atoms with Crippen molar-refractivity contribution in [1.82, 2.24) is 0 Å². The van der Waals surface area contributed by atoms with Gasteiger partial charge in [0.2, 0.25) is 0 Å². The lowest BCUT2D eigenvalue weighted by Gasteiger charge is -2.07. The van der Waals surface area contributed by atoms with Crippen LogP contribution in [0.25, 0.3) is 6.08 Å². The SMILES string of the molecule is C=[C]COc1ccc(C=C(C(=O)OCC)C(=O)OCC)cc1. The van der Waals surface area contributed by atoms with E-state index < -0.39 is 11.9 Å². The van der Waals surface area contributed by atoms with Gasteiger partial charge in [-0.1, -0.05) is 18.7 Å². The fraction of sp³-hybridized carbons (Fsp3) is 0.294. The number of hydrogen-bond acceptors (Lipinski definition) is 5. The van der Waals surface area contributed by atoms with Gasteiger partial charge in [0.1, 0.15) is 17.9 Å². The normalized spacial score (nSPS) is 9.55. The summed E-state index contributed by atoms with van der Waals surface area (Å²) in [5, 5.41) is 0. The molecule has 22 heavy (non-hydrogen) atoms. The molecule has 1 aromatic rings. The van der Waals surface area contributed by atoms with Crippen LogP contribution in [0.15, 0.2) is 36.4 Å². The maximum absolute atomic E-state index is 11.8. The molecular formula is C17H19O5. The van der Waals surface area contributed by atoms with Crippen molar-refractivity contribution in [2.24, 2.45) is 0 Å². The second-order valence-corrected chi connectivity index (χ2v) is 4.11. The minimum Gasteiger partial charge on any atom is -0.489 e. The van der Waals surface area contributed by atoms with E-state index in [4.69, 9.17) is 14.2 Å². The quantitative estimate of drug-likeness (QED) is 0.320. The molecule has 0 aliphatic heterocycles. The Labute approximate surface area is 130 Å². The summed E-state index contributed by atoms with van der Waals surface area (Å²) in [6, 6.07) is 6.88. The van der Waals surface area contributed by atoms with E-state index in [0.29, 0.717) is 11.3 Å². The van der Waals surface area contributed by atoms with Crippen LogP contribution in [0.5, 0.6) is 5.75 Å². The first-order chi connectivity index (χ1) is 10.6. The van der Waals surface area contributed by atoms with E-state index in [0.717, 1.165) is 0 Å². The zero-order chi connectivity index (χ0) is 16.4. The Morgan fingerprint density at radius 2 is 1.64 bits per heavy atom. The summed E-state index contributed by atoms with van der Waals surface area (Å²) in [4.78, 5) is 23.7. The third kappa shape index (κ3) is 5.44. The van der Waals surface area contributed by atoms with Gasteiger partial charge in [-0.25, -0.2) is 9.59 Å². The molecule has 1 aromatic carbocycles. The smallest absolute Gasteiger partial charge is 0.345 e. The Bertz CT molecular complexity index is 523. The van der Waals surface area contributed by atoms with Crippen molar-refractivity contribution in [1.29, 1.82) is 0 Å². The van der Waals surface area contributed by atoms with Gasteiger partial charge in [-0.05, 0) is 43.7 Å². The van der Waals surface area contributed by atoms with Crippen LogP contribution in [0.4, 0.5) is 0 Å². The number of carbonyl (C=O) groups excluding carboxylic acids is 2.